The van der Waals surface area contributed by atoms with E-state index in [0.717, 1.165) is 3.97 Å². The van der Waals surface area contributed by atoms with E-state index < -0.39 is 15.8 Å². The fraction of sp³-hybridized carbons (Fsp3) is 0.133. The standard InChI is InChI=1S/C15H14FN3O2S2/c1-17-8-11-9-19(23(20,21)12-6-7-22-10-12)15(18-11)13-4-2-3-5-14(13)16/h2-7,9-10,17H,8H2,1H3. The average molecular weight is 351 g/mol. The van der Waals surface area contributed by atoms with Gasteiger partial charge in [0.25, 0.3) is 10.0 Å². The molecule has 0 unspecified atom stereocenters. The van der Waals surface area contributed by atoms with Crippen molar-refractivity contribution in [2.45, 2.75) is 11.4 Å². The summed E-state index contributed by atoms with van der Waals surface area (Å²) in [5.41, 5.74) is 0.665. The molecule has 0 spiro atoms. The Hall–Kier alpha value is -2.03. The van der Waals surface area contributed by atoms with Gasteiger partial charge in [-0.2, -0.15) is 11.3 Å². The van der Waals surface area contributed by atoms with Crippen LogP contribution in [0.15, 0.2) is 52.2 Å². The fourth-order valence-electron chi connectivity index (χ4n) is 2.19. The average Bonchev–Trinajstić information content (AvgIpc) is 3.18. The van der Waals surface area contributed by atoms with Crippen molar-refractivity contribution in [2.75, 3.05) is 7.05 Å². The van der Waals surface area contributed by atoms with E-state index in [1.54, 1.807) is 24.6 Å². The van der Waals surface area contributed by atoms with Crippen molar-refractivity contribution in [1.29, 1.82) is 0 Å². The van der Waals surface area contributed by atoms with Crippen molar-refractivity contribution >= 4 is 21.4 Å². The lowest BCUT2D eigenvalue weighted by atomic mass is 10.2. The molecule has 2 aromatic heterocycles. The van der Waals surface area contributed by atoms with Gasteiger partial charge in [-0.25, -0.2) is 21.8 Å². The van der Waals surface area contributed by atoms with Crippen molar-refractivity contribution in [3.05, 3.63) is 58.8 Å². The molecule has 0 bridgehead atoms. The molecule has 5 nitrogen and oxygen atoms in total. The lowest BCUT2D eigenvalue weighted by Gasteiger charge is -2.08. The fourth-order valence-corrected chi connectivity index (χ4v) is 4.54. The van der Waals surface area contributed by atoms with Gasteiger partial charge >= 0.3 is 0 Å². The minimum atomic E-state index is -3.82. The van der Waals surface area contributed by atoms with E-state index >= 15 is 0 Å². The molecule has 0 atom stereocenters. The first kappa shape index (κ1) is 15.9. The maximum Gasteiger partial charge on any atom is 0.270 e. The molecule has 1 N–H and O–H groups in total. The van der Waals surface area contributed by atoms with Gasteiger partial charge in [0, 0.05) is 18.1 Å². The molecule has 0 amide bonds. The van der Waals surface area contributed by atoms with Crippen LogP contribution < -0.4 is 5.32 Å². The Bertz CT molecular complexity index is 918. The molecule has 0 saturated carbocycles. The predicted molar refractivity (Wildman–Crippen MR) is 87.3 cm³/mol. The molecule has 1 aromatic carbocycles. The minimum absolute atomic E-state index is 0.0690. The summed E-state index contributed by atoms with van der Waals surface area (Å²) in [6, 6.07) is 7.51. The highest BCUT2D eigenvalue weighted by molar-refractivity contribution is 7.90. The molecular formula is C15H14FN3O2S2. The number of thiophene rings is 1. The van der Waals surface area contributed by atoms with E-state index in [1.807, 2.05) is 0 Å². The molecule has 0 fully saturated rings. The van der Waals surface area contributed by atoms with Crippen LogP contribution in [-0.4, -0.2) is 24.4 Å². The Morgan fingerprint density at radius 2 is 2.09 bits per heavy atom. The normalized spacial score (nSPS) is 11.7. The zero-order chi connectivity index (χ0) is 16.4. The molecule has 23 heavy (non-hydrogen) atoms. The summed E-state index contributed by atoms with van der Waals surface area (Å²) in [7, 11) is -2.09. The first-order valence-electron chi connectivity index (χ1n) is 6.79. The van der Waals surface area contributed by atoms with Gasteiger partial charge in [0.05, 0.1) is 16.2 Å². The highest BCUT2D eigenvalue weighted by Crippen LogP contribution is 2.27. The van der Waals surface area contributed by atoms with Gasteiger partial charge in [0.2, 0.25) is 0 Å². The maximum atomic E-state index is 14.1. The third-order valence-corrected chi connectivity index (χ3v) is 5.73. The summed E-state index contributed by atoms with van der Waals surface area (Å²) in [6.45, 7) is 0.383. The van der Waals surface area contributed by atoms with Crippen LogP contribution in [0.4, 0.5) is 4.39 Å². The Labute approximate surface area is 137 Å². The van der Waals surface area contributed by atoms with Crippen LogP contribution in [0.5, 0.6) is 0 Å². The number of rotatable bonds is 5. The van der Waals surface area contributed by atoms with Gasteiger partial charge in [-0.1, -0.05) is 12.1 Å². The Morgan fingerprint density at radius 1 is 1.30 bits per heavy atom. The molecule has 0 aliphatic heterocycles. The third kappa shape index (κ3) is 2.92. The summed E-state index contributed by atoms with van der Waals surface area (Å²) < 4.78 is 40.8. The van der Waals surface area contributed by atoms with E-state index in [0.29, 0.717) is 12.2 Å². The lowest BCUT2D eigenvalue weighted by Crippen LogP contribution is -2.13. The number of imidazole rings is 1. The second kappa shape index (κ2) is 6.23. The van der Waals surface area contributed by atoms with Gasteiger partial charge in [-0.3, -0.25) is 0 Å². The van der Waals surface area contributed by atoms with Crippen LogP contribution in [0, 0.1) is 5.82 Å². The first-order valence-corrected chi connectivity index (χ1v) is 9.18. The summed E-state index contributed by atoms with van der Waals surface area (Å²) >= 11 is 1.28. The van der Waals surface area contributed by atoms with Crippen molar-refractivity contribution in [3.8, 4) is 11.4 Å². The molecule has 0 radical (unpaired) electrons. The highest BCUT2D eigenvalue weighted by atomic mass is 32.2. The van der Waals surface area contributed by atoms with Crippen molar-refractivity contribution in [1.82, 2.24) is 14.3 Å². The van der Waals surface area contributed by atoms with Gasteiger partial charge in [-0.15, -0.1) is 0 Å². The van der Waals surface area contributed by atoms with Crippen LogP contribution in [0.1, 0.15) is 5.69 Å². The number of hydrogen-bond donors (Lipinski definition) is 1. The second-order valence-electron chi connectivity index (χ2n) is 4.83. The molecule has 2 heterocycles. The van der Waals surface area contributed by atoms with E-state index in [1.165, 1.54) is 41.1 Å². The molecular weight excluding hydrogens is 337 g/mol. The quantitative estimate of drug-likeness (QED) is 0.768. The lowest BCUT2D eigenvalue weighted by molar-refractivity contribution is 0.587. The monoisotopic (exact) mass is 351 g/mol. The van der Waals surface area contributed by atoms with Crippen LogP contribution in [-0.2, 0) is 16.6 Å². The van der Waals surface area contributed by atoms with Crippen LogP contribution >= 0.6 is 11.3 Å². The molecule has 3 rings (SSSR count). The van der Waals surface area contributed by atoms with Gasteiger partial charge < -0.3 is 5.32 Å². The summed E-state index contributed by atoms with van der Waals surface area (Å²) in [5, 5.41) is 6.14. The largest absolute Gasteiger partial charge is 0.314 e. The predicted octanol–water partition coefficient (Wildman–Crippen LogP) is 2.71. The summed E-state index contributed by atoms with van der Waals surface area (Å²) in [6.07, 6.45) is 1.42. The van der Waals surface area contributed by atoms with E-state index in [2.05, 4.69) is 10.3 Å². The molecule has 8 heteroatoms. The van der Waals surface area contributed by atoms with Crippen LogP contribution in [0.25, 0.3) is 11.4 Å². The Balaban J connectivity index is 2.22. The van der Waals surface area contributed by atoms with Crippen LogP contribution in [0.3, 0.4) is 0 Å². The van der Waals surface area contributed by atoms with E-state index in [9.17, 15) is 12.8 Å². The molecule has 0 aliphatic rings. The number of aromatic nitrogens is 2. The zero-order valence-corrected chi connectivity index (χ0v) is 13.9. The summed E-state index contributed by atoms with van der Waals surface area (Å²) in [4.78, 5) is 4.45. The van der Waals surface area contributed by atoms with Gasteiger partial charge in [-0.05, 0) is 30.6 Å². The number of nitrogens with zero attached hydrogens (tertiary/aromatic N) is 2. The van der Waals surface area contributed by atoms with E-state index in [-0.39, 0.29) is 16.3 Å². The van der Waals surface area contributed by atoms with Crippen molar-refractivity contribution in [3.63, 3.8) is 0 Å². The Morgan fingerprint density at radius 3 is 2.74 bits per heavy atom. The van der Waals surface area contributed by atoms with Gasteiger partial charge in [0.15, 0.2) is 5.82 Å². The highest BCUT2D eigenvalue weighted by Gasteiger charge is 2.24. The number of hydrogen-bond acceptors (Lipinski definition) is 5. The molecule has 0 saturated heterocycles. The second-order valence-corrected chi connectivity index (χ2v) is 7.42. The molecule has 0 aliphatic carbocycles. The van der Waals surface area contributed by atoms with Crippen molar-refractivity contribution in [2.24, 2.45) is 0 Å². The third-order valence-electron chi connectivity index (χ3n) is 3.25. The van der Waals surface area contributed by atoms with Gasteiger partial charge in [0.1, 0.15) is 5.82 Å². The molecule has 120 valence electrons. The smallest absolute Gasteiger partial charge is 0.270 e. The SMILES string of the molecule is CNCc1cn(S(=O)(=O)c2ccsc2)c(-c2ccccc2F)n1. The Kier molecular flexibility index (Phi) is 4.29. The number of nitrogens with one attached hydrogen (secondary N) is 1. The zero-order valence-electron chi connectivity index (χ0n) is 12.2. The van der Waals surface area contributed by atoms with Crippen molar-refractivity contribution < 1.29 is 12.8 Å². The summed E-state index contributed by atoms with van der Waals surface area (Å²) in [5.74, 6) is -0.449. The minimum Gasteiger partial charge on any atom is -0.314 e. The van der Waals surface area contributed by atoms with Crippen LogP contribution in [0.2, 0.25) is 0 Å². The number of halogens is 1. The van der Waals surface area contributed by atoms with E-state index in [4.69, 9.17) is 0 Å². The first-order chi connectivity index (χ1) is 11.0. The maximum absolute atomic E-state index is 14.1. The molecule has 3 aromatic rings. The topological polar surface area (TPSA) is 64.0 Å². The number of benzene rings is 1.